The van der Waals surface area contributed by atoms with Crippen molar-refractivity contribution >= 4 is 28.0 Å². The summed E-state index contributed by atoms with van der Waals surface area (Å²) in [6.07, 6.45) is -0.565. The van der Waals surface area contributed by atoms with Gasteiger partial charge in [-0.2, -0.15) is 0 Å². The van der Waals surface area contributed by atoms with Crippen LogP contribution in [0, 0.1) is 11.7 Å². The van der Waals surface area contributed by atoms with Crippen molar-refractivity contribution in [3.8, 4) is 0 Å². The van der Waals surface area contributed by atoms with Gasteiger partial charge in [-0.15, -0.1) is 0 Å². The predicted octanol–water partition coefficient (Wildman–Crippen LogP) is 2.09. The lowest BCUT2D eigenvalue weighted by Crippen LogP contribution is -2.62. The van der Waals surface area contributed by atoms with E-state index in [1.165, 1.54) is 6.07 Å². The van der Waals surface area contributed by atoms with E-state index in [0.717, 1.165) is 0 Å². The first-order chi connectivity index (χ1) is 9.51. The van der Waals surface area contributed by atoms with E-state index >= 15 is 0 Å². The summed E-state index contributed by atoms with van der Waals surface area (Å²) in [4.78, 5) is 23.0. The number of carbonyl (C=O) groups excluding carboxylic acids is 2. The molecule has 5 nitrogen and oxygen atoms in total. The number of ether oxygens (including phenoxy) is 2. The van der Waals surface area contributed by atoms with Crippen molar-refractivity contribution in [1.29, 1.82) is 0 Å². The number of alkyl carbamates (subject to hydrolysis) is 1. The van der Waals surface area contributed by atoms with Crippen LogP contribution in [0.2, 0.25) is 0 Å². The van der Waals surface area contributed by atoms with Crippen LogP contribution in [-0.4, -0.2) is 25.3 Å². The van der Waals surface area contributed by atoms with Gasteiger partial charge in [0.15, 0.2) is 0 Å². The largest absolute Gasteiger partial charge is 0.463 e. The molecule has 2 fully saturated rings. The number of cyclic esters (lactones) is 2. The van der Waals surface area contributed by atoms with Gasteiger partial charge < -0.3 is 14.8 Å². The summed E-state index contributed by atoms with van der Waals surface area (Å²) in [5, 5.41) is 2.64. The van der Waals surface area contributed by atoms with Gasteiger partial charge in [0.2, 0.25) is 0 Å². The second-order valence-corrected chi connectivity index (χ2v) is 5.80. The van der Waals surface area contributed by atoms with Crippen LogP contribution in [0.4, 0.5) is 9.18 Å². The fourth-order valence-corrected chi connectivity index (χ4v) is 3.05. The van der Waals surface area contributed by atoms with E-state index in [2.05, 4.69) is 21.2 Å². The van der Waals surface area contributed by atoms with Crippen molar-refractivity contribution in [3.63, 3.8) is 0 Å². The van der Waals surface area contributed by atoms with E-state index in [9.17, 15) is 14.0 Å². The Morgan fingerprint density at radius 1 is 1.35 bits per heavy atom. The molecule has 2 aliphatic rings. The average molecular weight is 344 g/mol. The molecule has 3 rings (SSSR count). The Morgan fingerprint density at radius 2 is 2.15 bits per heavy atom. The summed E-state index contributed by atoms with van der Waals surface area (Å²) in [5.74, 6) is -1.19. The number of hydrogen-bond donors (Lipinski definition) is 1. The Hall–Kier alpha value is -1.63. The highest BCUT2D eigenvalue weighted by atomic mass is 79.9. The van der Waals surface area contributed by atoms with Gasteiger partial charge in [-0.3, -0.25) is 4.79 Å². The van der Waals surface area contributed by atoms with Crippen LogP contribution in [0.15, 0.2) is 22.7 Å². The molecule has 2 aliphatic heterocycles. The lowest BCUT2D eigenvalue weighted by atomic mass is 9.75. The summed E-state index contributed by atoms with van der Waals surface area (Å²) < 4.78 is 24.8. The molecular formula is C13H11BrFNO4. The summed E-state index contributed by atoms with van der Waals surface area (Å²) in [5.41, 5.74) is -0.780. The maximum absolute atomic E-state index is 14.2. The van der Waals surface area contributed by atoms with E-state index in [1.807, 2.05) is 0 Å². The van der Waals surface area contributed by atoms with Crippen molar-refractivity contribution in [2.45, 2.75) is 12.0 Å². The van der Waals surface area contributed by atoms with Gasteiger partial charge >= 0.3 is 12.1 Å². The Bertz CT molecular complexity index is 594. The number of amides is 1. The molecule has 1 aromatic rings. The van der Waals surface area contributed by atoms with E-state index in [1.54, 1.807) is 12.1 Å². The molecule has 2 heterocycles. The van der Waals surface area contributed by atoms with Crippen LogP contribution in [0.5, 0.6) is 0 Å². The second kappa shape index (κ2) is 4.73. The Balaban J connectivity index is 2.11. The molecule has 0 aromatic heterocycles. The van der Waals surface area contributed by atoms with Crippen LogP contribution in [0.3, 0.4) is 0 Å². The lowest BCUT2D eigenvalue weighted by molar-refractivity contribution is -0.160. The number of rotatable bonds is 1. The predicted molar refractivity (Wildman–Crippen MR) is 69.3 cm³/mol. The van der Waals surface area contributed by atoms with Gasteiger partial charge in [0.05, 0.1) is 13.0 Å². The van der Waals surface area contributed by atoms with Gasteiger partial charge in [0, 0.05) is 16.0 Å². The Morgan fingerprint density at radius 3 is 2.95 bits per heavy atom. The van der Waals surface area contributed by atoms with Crippen molar-refractivity contribution < 1.29 is 23.5 Å². The van der Waals surface area contributed by atoms with Crippen LogP contribution in [-0.2, 0) is 19.8 Å². The van der Waals surface area contributed by atoms with Crippen molar-refractivity contribution in [1.82, 2.24) is 5.32 Å². The van der Waals surface area contributed by atoms with Crippen LogP contribution in [0.25, 0.3) is 0 Å². The molecule has 20 heavy (non-hydrogen) atoms. The summed E-state index contributed by atoms with van der Waals surface area (Å²) in [7, 11) is 0. The highest BCUT2D eigenvalue weighted by molar-refractivity contribution is 9.10. The SMILES string of the molecule is O=C1C[C@H]2COC(=O)N[C@@]2(c2cc(Br)ccc2F)CO1. The quantitative estimate of drug-likeness (QED) is 0.793. The molecule has 1 aromatic carbocycles. The van der Waals surface area contributed by atoms with Crippen molar-refractivity contribution in [2.75, 3.05) is 13.2 Å². The zero-order valence-corrected chi connectivity index (χ0v) is 11.9. The first-order valence-electron chi connectivity index (χ1n) is 6.07. The number of hydrogen-bond acceptors (Lipinski definition) is 4. The first-order valence-corrected chi connectivity index (χ1v) is 6.87. The van der Waals surface area contributed by atoms with E-state index in [-0.39, 0.29) is 31.5 Å². The molecule has 2 atom stereocenters. The van der Waals surface area contributed by atoms with E-state index in [0.29, 0.717) is 10.0 Å². The van der Waals surface area contributed by atoms with Gasteiger partial charge in [0.25, 0.3) is 0 Å². The Kier molecular flexibility index (Phi) is 3.16. The maximum atomic E-state index is 14.2. The monoisotopic (exact) mass is 343 g/mol. The first kappa shape index (κ1) is 13.4. The molecule has 0 aliphatic carbocycles. The highest BCUT2D eigenvalue weighted by Crippen LogP contribution is 2.40. The fraction of sp³-hybridized carbons (Fsp3) is 0.385. The third-order valence-electron chi connectivity index (χ3n) is 3.72. The summed E-state index contributed by atoms with van der Waals surface area (Å²) in [6.45, 7) is -0.0359. The lowest BCUT2D eigenvalue weighted by Gasteiger charge is -2.46. The third-order valence-corrected chi connectivity index (χ3v) is 4.21. The number of carbonyl (C=O) groups is 2. The summed E-state index contributed by atoms with van der Waals surface area (Å²) in [6, 6.07) is 4.47. The number of esters is 1. The maximum Gasteiger partial charge on any atom is 0.407 e. The number of fused-ring (bicyclic) bond motifs is 1. The Labute approximate surface area is 122 Å². The zero-order valence-electron chi connectivity index (χ0n) is 10.3. The molecule has 0 unspecified atom stereocenters. The van der Waals surface area contributed by atoms with E-state index in [4.69, 9.17) is 9.47 Å². The topological polar surface area (TPSA) is 64.6 Å². The molecule has 0 bridgehead atoms. The minimum absolute atomic E-state index is 0.0624. The molecule has 1 amide bonds. The smallest absolute Gasteiger partial charge is 0.407 e. The molecule has 0 saturated carbocycles. The third kappa shape index (κ3) is 2.06. The molecule has 0 spiro atoms. The molecule has 2 saturated heterocycles. The van der Waals surface area contributed by atoms with Crippen LogP contribution in [0.1, 0.15) is 12.0 Å². The van der Waals surface area contributed by atoms with Crippen molar-refractivity contribution in [3.05, 3.63) is 34.1 Å². The number of halogens is 2. The van der Waals surface area contributed by atoms with Gasteiger partial charge in [0.1, 0.15) is 18.0 Å². The average Bonchev–Trinajstić information content (AvgIpc) is 2.42. The minimum atomic E-state index is -1.07. The standard InChI is InChI=1S/C13H11BrFNO4/c14-8-1-2-10(15)9(4-8)13-6-20-11(17)3-7(13)5-19-12(18)16-13/h1-2,4,7H,3,5-6H2,(H,16,18)/t7-,13-/m0/s1. The highest BCUT2D eigenvalue weighted by Gasteiger charge is 2.52. The molecule has 106 valence electrons. The van der Waals surface area contributed by atoms with Gasteiger partial charge in [-0.1, -0.05) is 15.9 Å². The number of nitrogens with one attached hydrogen (secondary N) is 1. The van der Waals surface area contributed by atoms with E-state index < -0.39 is 17.4 Å². The van der Waals surface area contributed by atoms with Crippen LogP contribution >= 0.6 is 15.9 Å². The fourth-order valence-electron chi connectivity index (χ4n) is 2.68. The second-order valence-electron chi connectivity index (χ2n) is 4.88. The summed E-state index contributed by atoms with van der Waals surface area (Å²) >= 11 is 3.28. The molecule has 0 radical (unpaired) electrons. The normalized spacial score (nSPS) is 29.0. The molecular weight excluding hydrogens is 333 g/mol. The molecule has 1 N–H and O–H groups in total. The van der Waals surface area contributed by atoms with Crippen molar-refractivity contribution in [2.24, 2.45) is 5.92 Å². The van der Waals surface area contributed by atoms with Gasteiger partial charge in [-0.25, -0.2) is 9.18 Å². The zero-order chi connectivity index (χ0) is 14.3. The van der Waals surface area contributed by atoms with Gasteiger partial charge in [-0.05, 0) is 18.2 Å². The van der Waals surface area contributed by atoms with Crippen LogP contribution < -0.4 is 5.32 Å². The molecule has 7 heteroatoms. The minimum Gasteiger partial charge on any atom is -0.463 e. The number of benzene rings is 1.